The summed E-state index contributed by atoms with van der Waals surface area (Å²) >= 11 is 3.58. The van der Waals surface area contributed by atoms with E-state index in [-0.39, 0.29) is 5.41 Å². The fraction of sp³-hybridized carbons (Fsp3) is 0.368. The Morgan fingerprint density at radius 1 is 1.08 bits per heavy atom. The second kappa shape index (κ2) is 6.92. The Bertz CT molecular complexity index is 866. The highest BCUT2D eigenvalue weighted by atomic mass is 79.9. The summed E-state index contributed by atoms with van der Waals surface area (Å²) in [6.07, 6.45) is 0. The van der Waals surface area contributed by atoms with Crippen LogP contribution < -0.4 is 4.43 Å². The molecule has 2 aromatic carbocycles. The second-order valence-electron chi connectivity index (χ2n) is 7.52. The smallest absolute Gasteiger partial charge is 0.229 e. The molecular formula is C19H24BrN3OSi. The second-order valence-corrected chi connectivity index (χ2v) is 10.4. The van der Waals surface area contributed by atoms with Gasteiger partial charge in [0.2, 0.25) is 9.04 Å². The zero-order valence-electron chi connectivity index (χ0n) is 15.4. The standard InChI is InChI=1S/C19H24BrN3OSi/c1-19(2,3)18-16(10-13(12-20)11-17(18)24-25(4)5)23-21-14-8-6-7-9-15(14)22-23/h6-11,25H,12H2,1-5H3. The Morgan fingerprint density at radius 3 is 2.16 bits per heavy atom. The summed E-state index contributed by atoms with van der Waals surface area (Å²) < 4.78 is 6.30. The molecule has 25 heavy (non-hydrogen) atoms. The van der Waals surface area contributed by atoms with Crippen LogP contribution in [0.3, 0.4) is 0 Å². The van der Waals surface area contributed by atoms with E-state index in [9.17, 15) is 0 Å². The molecule has 0 saturated carbocycles. The molecule has 0 amide bonds. The summed E-state index contributed by atoms with van der Waals surface area (Å²) in [7, 11) is -1.24. The van der Waals surface area contributed by atoms with E-state index in [0.29, 0.717) is 0 Å². The first-order valence-corrected chi connectivity index (χ1v) is 12.4. The number of halogens is 1. The van der Waals surface area contributed by atoms with E-state index >= 15 is 0 Å². The molecule has 0 bridgehead atoms. The van der Waals surface area contributed by atoms with Gasteiger partial charge in [0.15, 0.2) is 0 Å². The molecule has 0 aliphatic carbocycles. The minimum absolute atomic E-state index is 0.0847. The zero-order chi connectivity index (χ0) is 18.2. The first-order valence-electron chi connectivity index (χ1n) is 8.52. The molecule has 6 heteroatoms. The fourth-order valence-corrected chi connectivity index (χ4v) is 3.98. The third kappa shape index (κ3) is 3.80. The molecule has 0 saturated heterocycles. The SMILES string of the molecule is C[SiH](C)Oc1cc(CBr)cc(-n2nc3ccccc3n2)c1C(C)(C)C. The number of aromatic nitrogens is 3. The van der Waals surface area contributed by atoms with Crippen molar-refractivity contribution in [3.05, 3.63) is 47.5 Å². The highest BCUT2D eigenvalue weighted by Crippen LogP contribution is 2.38. The zero-order valence-corrected chi connectivity index (χ0v) is 18.1. The van der Waals surface area contributed by atoms with E-state index in [1.807, 2.05) is 24.3 Å². The van der Waals surface area contributed by atoms with Crippen molar-refractivity contribution in [1.82, 2.24) is 15.0 Å². The van der Waals surface area contributed by atoms with Gasteiger partial charge in [-0.15, -0.1) is 15.0 Å². The van der Waals surface area contributed by atoms with Crippen molar-refractivity contribution in [1.29, 1.82) is 0 Å². The van der Waals surface area contributed by atoms with Gasteiger partial charge in [-0.1, -0.05) is 48.8 Å². The highest BCUT2D eigenvalue weighted by molar-refractivity contribution is 9.08. The first-order chi connectivity index (χ1) is 11.8. The van der Waals surface area contributed by atoms with Crippen LogP contribution in [-0.4, -0.2) is 24.0 Å². The average molecular weight is 418 g/mol. The maximum absolute atomic E-state index is 6.30. The van der Waals surface area contributed by atoms with Crippen LogP contribution >= 0.6 is 15.9 Å². The van der Waals surface area contributed by atoms with Gasteiger partial charge in [0.1, 0.15) is 16.8 Å². The first kappa shape index (κ1) is 18.1. The number of hydrogen-bond acceptors (Lipinski definition) is 3. The van der Waals surface area contributed by atoms with Crippen molar-refractivity contribution in [3.63, 3.8) is 0 Å². The molecule has 3 aromatic rings. The van der Waals surface area contributed by atoms with Crippen molar-refractivity contribution in [2.24, 2.45) is 0 Å². The number of nitrogens with zero attached hydrogens (tertiary/aromatic N) is 3. The van der Waals surface area contributed by atoms with E-state index in [4.69, 9.17) is 14.6 Å². The van der Waals surface area contributed by atoms with Crippen LogP contribution in [0, 0.1) is 0 Å². The van der Waals surface area contributed by atoms with E-state index in [0.717, 1.165) is 38.9 Å². The molecule has 0 fully saturated rings. The Hall–Kier alpha value is -1.66. The van der Waals surface area contributed by atoms with Gasteiger partial charge in [-0.05, 0) is 48.3 Å². The molecule has 1 heterocycles. The van der Waals surface area contributed by atoms with E-state index in [1.54, 1.807) is 4.80 Å². The van der Waals surface area contributed by atoms with Gasteiger partial charge in [-0.2, -0.15) is 0 Å². The van der Waals surface area contributed by atoms with Gasteiger partial charge in [-0.25, -0.2) is 0 Å². The van der Waals surface area contributed by atoms with Crippen molar-refractivity contribution < 1.29 is 4.43 Å². The van der Waals surface area contributed by atoms with Gasteiger partial charge in [0.25, 0.3) is 0 Å². The van der Waals surface area contributed by atoms with Crippen LogP contribution in [-0.2, 0) is 10.7 Å². The van der Waals surface area contributed by atoms with Crippen molar-refractivity contribution in [2.45, 2.75) is 44.6 Å². The van der Waals surface area contributed by atoms with Gasteiger partial charge in [0.05, 0.1) is 5.69 Å². The number of benzene rings is 2. The predicted molar refractivity (Wildman–Crippen MR) is 110 cm³/mol. The van der Waals surface area contributed by atoms with Crippen LogP contribution in [0.1, 0.15) is 31.9 Å². The summed E-state index contributed by atoms with van der Waals surface area (Å²) in [6.45, 7) is 11.0. The molecule has 0 atom stereocenters. The summed E-state index contributed by atoms with van der Waals surface area (Å²) in [5.41, 5.74) is 5.01. The molecule has 0 radical (unpaired) electrons. The summed E-state index contributed by atoms with van der Waals surface area (Å²) in [5, 5.41) is 10.2. The molecule has 0 aliphatic rings. The molecule has 0 N–H and O–H groups in total. The van der Waals surface area contributed by atoms with Crippen LogP contribution in [0.25, 0.3) is 16.7 Å². The van der Waals surface area contributed by atoms with Crippen LogP contribution in [0.15, 0.2) is 36.4 Å². The molecule has 3 rings (SSSR count). The Morgan fingerprint density at radius 2 is 1.68 bits per heavy atom. The molecule has 0 unspecified atom stereocenters. The molecule has 0 spiro atoms. The van der Waals surface area contributed by atoms with Crippen LogP contribution in [0.4, 0.5) is 0 Å². The van der Waals surface area contributed by atoms with E-state index < -0.39 is 9.04 Å². The number of hydrogen-bond donors (Lipinski definition) is 0. The maximum atomic E-state index is 6.30. The third-order valence-electron chi connectivity index (χ3n) is 3.91. The summed E-state index contributed by atoms with van der Waals surface area (Å²) in [6, 6.07) is 12.3. The summed E-state index contributed by atoms with van der Waals surface area (Å²) in [5.74, 6) is 0.961. The lowest BCUT2D eigenvalue weighted by molar-refractivity contribution is 0.513. The Balaban J connectivity index is 2.29. The van der Waals surface area contributed by atoms with Crippen LogP contribution in [0.2, 0.25) is 13.1 Å². The van der Waals surface area contributed by atoms with Gasteiger partial charge in [-0.3, -0.25) is 0 Å². The lowest BCUT2D eigenvalue weighted by atomic mass is 9.84. The summed E-state index contributed by atoms with van der Waals surface area (Å²) in [4.78, 5) is 1.76. The number of fused-ring (bicyclic) bond motifs is 1. The van der Waals surface area contributed by atoms with Gasteiger partial charge < -0.3 is 4.43 Å². The Kier molecular flexibility index (Phi) is 5.02. The van der Waals surface area contributed by atoms with E-state index in [1.165, 1.54) is 0 Å². The molecule has 132 valence electrons. The maximum Gasteiger partial charge on any atom is 0.229 e. The quantitative estimate of drug-likeness (QED) is 0.443. The average Bonchev–Trinajstić information content (AvgIpc) is 2.96. The topological polar surface area (TPSA) is 39.9 Å². The van der Waals surface area contributed by atoms with Crippen molar-refractivity contribution in [2.75, 3.05) is 0 Å². The molecular weight excluding hydrogens is 394 g/mol. The minimum atomic E-state index is -1.24. The highest BCUT2D eigenvalue weighted by Gasteiger charge is 2.26. The third-order valence-corrected chi connectivity index (χ3v) is 5.28. The molecule has 1 aromatic heterocycles. The minimum Gasteiger partial charge on any atom is -0.547 e. The largest absolute Gasteiger partial charge is 0.547 e. The van der Waals surface area contributed by atoms with Gasteiger partial charge in [0, 0.05) is 10.9 Å². The van der Waals surface area contributed by atoms with Crippen LogP contribution in [0.5, 0.6) is 5.75 Å². The molecule has 4 nitrogen and oxygen atoms in total. The lowest BCUT2D eigenvalue weighted by Gasteiger charge is -2.27. The molecule has 0 aliphatic heterocycles. The lowest BCUT2D eigenvalue weighted by Crippen LogP contribution is -2.21. The predicted octanol–water partition coefficient (Wildman–Crippen LogP) is 4.98. The number of rotatable bonds is 4. The van der Waals surface area contributed by atoms with Crippen molar-refractivity contribution in [3.8, 4) is 11.4 Å². The normalized spacial score (nSPS) is 12.1. The number of alkyl halides is 1. The fourth-order valence-electron chi connectivity index (χ4n) is 2.96. The monoisotopic (exact) mass is 417 g/mol. The van der Waals surface area contributed by atoms with Crippen molar-refractivity contribution >= 4 is 36.0 Å². The Labute approximate surface area is 159 Å². The van der Waals surface area contributed by atoms with E-state index in [2.05, 4.69) is 61.9 Å². The van der Waals surface area contributed by atoms with Gasteiger partial charge >= 0.3 is 0 Å².